The molecule has 1 fully saturated rings. The average molecular weight is 210 g/mol. The Bertz CT molecular complexity index is 312. The third-order valence-electron chi connectivity index (χ3n) is 2.90. The van der Waals surface area contributed by atoms with Gasteiger partial charge in [-0.1, -0.05) is 6.42 Å². The smallest absolute Gasteiger partial charge is 0.233 e. The normalized spacial score (nSPS) is 23.2. The van der Waals surface area contributed by atoms with E-state index in [1.54, 1.807) is 0 Å². The topological polar surface area (TPSA) is 68.2 Å². The number of hydrogen-bond donors (Lipinski definition) is 1. The van der Waals surface area contributed by atoms with Crippen molar-refractivity contribution in [3.8, 4) is 0 Å². The van der Waals surface area contributed by atoms with Crippen molar-refractivity contribution >= 4 is 0 Å². The number of piperidine rings is 1. The predicted molar refractivity (Wildman–Crippen MR) is 56.3 cm³/mol. The highest BCUT2D eigenvalue weighted by molar-refractivity contribution is 4.92. The lowest BCUT2D eigenvalue weighted by atomic mass is 10.0. The molecule has 1 aromatic heterocycles. The van der Waals surface area contributed by atoms with Crippen LogP contribution in [0.2, 0.25) is 0 Å². The van der Waals surface area contributed by atoms with Gasteiger partial charge < -0.3 is 10.2 Å². The van der Waals surface area contributed by atoms with Crippen molar-refractivity contribution in [2.75, 3.05) is 20.1 Å². The molecule has 0 bridgehead atoms. The predicted octanol–water partition coefficient (Wildman–Crippen LogP) is 0.728. The maximum atomic E-state index is 5.59. The molecule has 5 heteroatoms. The first-order chi connectivity index (χ1) is 7.31. The molecule has 1 aromatic rings. The van der Waals surface area contributed by atoms with Gasteiger partial charge in [0.05, 0.1) is 6.04 Å². The van der Waals surface area contributed by atoms with Gasteiger partial charge in [-0.05, 0) is 26.4 Å². The molecule has 2 N–H and O–H groups in total. The minimum atomic E-state index is 0.303. The van der Waals surface area contributed by atoms with Crippen LogP contribution in [0.1, 0.15) is 37.1 Å². The van der Waals surface area contributed by atoms with Crippen molar-refractivity contribution in [1.82, 2.24) is 15.1 Å². The Balaban J connectivity index is 2.06. The molecule has 0 amide bonds. The summed E-state index contributed by atoms with van der Waals surface area (Å²) in [6.07, 6.45) is 4.28. The second-order valence-corrected chi connectivity index (χ2v) is 4.06. The summed E-state index contributed by atoms with van der Waals surface area (Å²) in [4.78, 5) is 2.28. The molecule has 0 saturated carbocycles. The molecule has 1 aliphatic heterocycles. The molecule has 0 aromatic carbocycles. The van der Waals surface area contributed by atoms with Crippen LogP contribution in [0.3, 0.4) is 0 Å². The SMILES string of the molecule is CN1CCCC[C@H]1c1nnc(CCN)o1. The van der Waals surface area contributed by atoms with E-state index in [2.05, 4.69) is 22.1 Å². The number of nitrogens with two attached hydrogens (primary N) is 1. The van der Waals surface area contributed by atoms with E-state index in [4.69, 9.17) is 10.2 Å². The van der Waals surface area contributed by atoms with Gasteiger partial charge in [0.15, 0.2) is 0 Å². The first kappa shape index (κ1) is 10.6. The summed E-state index contributed by atoms with van der Waals surface area (Å²) in [6.45, 7) is 1.67. The first-order valence-electron chi connectivity index (χ1n) is 5.54. The Hall–Kier alpha value is -0.940. The molecule has 1 saturated heterocycles. The summed E-state index contributed by atoms with van der Waals surface area (Å²) in [7, 11) is 2.11. The van der Waals surface area contributed by atoms with E-state index in [1.165, 1.54) is 12.8 Å². The van der Waals surface area contributed by atoms with Gasteiger partial charge in [-0.15, -0.1) is 10.2 Å². The average Bonchev–Trinajstić information content (AvgIpc) is 2.68. The van der Waals surface area contributed by atoms with Gasteiger partial charge in [0.2, 0.25) is 11.8 Å². The third kappa shape index (κ3) is 2.35. The zero-order valence-corrected chi connectivity index (χ0v) is 9.15. The van der Waals surface area contributed by atoms with Crippen molar-refractivity contribution in [1.29, 1.82) is 0 Å². The molecule has 0 spiro atoms. The van der Waals surface area contributed by atoms with Crippen LogP contribution in [0, 0.1) is 0 Å². The van der Waals surface area contributed by atoms with Crippen LogP contribution in [-0.2, 0) is 6.42 Å². The van der Waals surface area contributed by atoms with Crippen LogP contribution in [0.4, 0.5) is 0 Å². The molecule has 0 radical (unpaired) electrons. The summed E-state index contributed by atoms with van der Waals surface area (Å²) in [5, 5.41) is 8.09. The molecule has 1 aliphatic rings. The van der Waals surface area contributed by atoms with Gasteiger partial charge in [-0.25, -0.2) is 0 Å². The third-order valence-corrected chi connectivity index (χ3v) is 2.90. The molecule has 1 atom stereocenters. The summed E-state index contributed by atoms with van der Waals surface area (Å²) in [5.41, 5.74) is 5.44. The quantitative estimate of drug-likeness (QED) is 0.796. The van der Waals surface area contributed by atoms with E-state index in [9.17, 15) is 0 Å². The molecule has 2 heterocycles. The minimum Gasteiger partial charge on any atom is -0.424 e. The largest absolute Gasteiger partial charge is 0.424 e. The highest BCUT2D eigenvalue weighted by atomic mass is 16.4. The van der Waals surface area contributed by atoms with Crippen molar-refractivity contribution in [2.24, 2.45) is 5.73 Å². The number of aromatic nitrogens is 2. The van der Waals surface area contributed by atoms with Gasteiger partial charge >= 0.3 is 0 Å². The van der Waals surface area contributed by atoms with Crippen molar-refractivity contribution in [2.45, 2.75) is 31.7 Å². The minimum absolute atomic E-state index is 0.303. The van der Waals surface area contributed by atoms with E-state index in [1.807, 2.05) is 0 Å². The first-order valence-corrected chi connectivity index (χ1v) is 5.54. The van der Waals surface area contributed by atoms with Crippen molar-refractivity contribution in [3.05, 3.63) is 11.8 Å². The van der Waals surface area contributed by atoms with E-state index in [0.717, 1.165) is 18.9 Å². The Labute approximate surface area is 89.6 Å². The highest BCUT2D eigenvalue weighted by Crippen LogP contribution is 2.28. The molecule has 5 nitrogen and oxygen atoms in total. The number of likely N-dealkylation sites (tertiary alicyclic amines) is 1. The summed E-state index contributed by atoms with van der Waals surface area (Å²) in [6, 6.07) is 0.303. The van der Waals surface area contributed by atoms with Gasteiger partial charge in [0, 0.05) is 13.0 Å². The van der Waals surface area contributed by atoms with E-state index in [0.29, 0.717) is 24.9 Å². The fraction of sp³-hybridized carbons (Fsp3) is 0.800. The van der Waals surface area contributed by atoms with Gasteiger partial charge in [0.1, 0.15) is 0 Å². The van der Waals surface area contributed by atoms with E-state index >= 15 is 0 Å². The van der Waals surface area contributed by atoms with Crippen LogP contribution in [0.5, 0.6) is 0 Å². The molecule has 2 rings (SSSR count). The maximum Gasteiger partial charge on any atom is 0.233 e. The van der Waals surface area contributed by atoms with Crippen LogP contribution in [-0.4, -0.2) is 35.2 Å². The van der Waals surface area contributed by atoms with Gasteiger partial charge in [0.25, 0.3) is 0 Å². The van der Waals surface area contributed by atoms with Crippen LogP contribution in [0.25, 0.3) is 0 Å². The lowest BCUT2D eigenvalue weighted by Gasteiger charge is -2.29. The van der Waals surface area contributed by atoms with Crippen LogP contribution >= 0.6 is 0 Å². The highest BCUT2D eigenvalue weighted by Gasteiger charge is 2.25. The fourth-order valence-electron chi connectivity index (χ4n) is 2.01. The Morgan fingerprint density at radius 3 is 3.07 bits per heavy atom. The summed E-state index contributed by atoms with van der Waals surface area (Å²) >= 11 is 0. The number of nitrogens with zero attached hydrogens (tertiary/aromatic N) is 3. The fourth-order valence-corrected chi connectivity index (χ4v) is 2.01. The van der Waals surface area contributed by atoms with Gasteiger partial charge in [-0.3, -0.25) is 4.90 Å². The summed E-state index contributed by atoms with van der Waals surface area (Å²) in [5.74, 6) is 1.41. The van der Waals surface area contributed by atoms with Crippen LogP contribution in [0.15, 0.2) is 4.42 Å². The lowest BCUT2D eigenvalue weighted by molar-refractivity contribution is 0.157. The lowest BCUT2D eigenvalue weighted by Crippen LogP contribution is -2.29. The Morgan fingerprint density at radius 1 is 1.47 bits per heavy atom. The molecular weight excluding hydrogens is 192 g/mol. The second kappa shape index (κ2) is 4.72. The zero-order valence-electron chi connectivity index (χ0n) is 9.15. The van der Waals surface area contributed by atoms with Crippen LogP contribution < -0.4 is 5.73 Å². The monoisotopic (exact) mass is 210 g/mol. The Morgan fingerprint density at radius 2 is 2.33 bits per heavy atom. The molecule has 84 valence electrons. The molecular formula is C10H18N4O. The molecule has 15 heavy (non-hydrogen) atoms. The molecule has 0 aliphatic carbocycles. The number of hydrogen-bond acceptors (Lipinski definition) is 5. The van der Waals surface area contributed by atoms with Gasteiger partial charge in [-0.2, -0.15) is 0 Å². The maximum absolute atomic E-state index is 5.59. The van der Waals surface area contributed by atoms with E-state index in [-0.39, 0.29) is 0 Å². The molecule has 0 unspecified atom stereocenters. The standard InChI is InChI=1S/C10H18N4O/c1-14-7-3-2-4-8(14)10-13-12-9(15-10)5-6-11/h8H,2-7,11H2,1H3/t8-/m0/s1. The van der Waals surface area contributed by atoms with Crippen molar-refractivity contribution < 1.29 is 4.42 Å². The Kier molecular flexibility index (Phi) is 3.33. The zero-order chi connectivity index (χ0) is 10.7. The second-order valence-electron chi connectivity index (χ2n) is 4.06. The van der Waals surface area contributed by atoms with E-state index < -0.39 is 0 Å². The number of rotatable bonds is 3. The van der Waals surface area contributed by atoms with Crippen molar-refractivity contribution in [3.63, 3.8) is 0 Å². The summed E-state index contributed by atoms with van der Waals surface area (Å²) < 4.78 is 5.59.